The van der Waals surface area contributed by atoms with Crippen LogP contribution in [0.3, 0.4) is 0 Å². The second-order valence-corrected chi connectivity index (χ2v) is 6.59. The van der Waals surface area contributed by atoms with E-state index in [1.807, 2.05) is 18.7 Å². The van der Waals surface area contributed by atoms with E-state index < -0.39 is 10.0 Å². The Balaban J connectivity index is 2.42. The normalized spacial score (nSPS) is 27.1. The van der Waals surface area contributed by atoms with Gasteiger partial charge in [0.2, 0.25) is 10.0 Å². The van der Waals surface area contributed by atoms with Gasteiger partial charge in [0.05, 0.1) is 5.75 Å². The first-order valence-electron chi connectivity index (χ1n) is 4.57. The van der Waals surface area contributed by atoms with Crippen LogP contribution in [0.15, 0.2) is 0 Å². The van der Waals surface area contributed by atoms with Crippen molar-refractivity contribution in [3.8, 4) is 0 Å². The molecule has 0 aromatic carbocycles. The summed E-state index contributed by atoms with van der Waals surface area (Å²) in [6.07, 6.45) is 2.37. The molecule has 1 rings (SSSR count). The van der Waals surface area contributed by atoms with Crippen LogP contribution in [0.2, 0.25) is 0 Å². The third-order valence-electron chi connectivity index (χ3n) is 2.50. The van der Waals surface area contributed by atoms with E-state index in [1.165, 1.54) is 12.2 Å². The van der Waals surface area contributed by atoms with Gasteiger partial charge in [0.25, 0.3) is 0 Å². The molecule has 0 aromatic rings. The van der Waals surface area contributed by atoms with Crippen molar-refractivity contribution in [3.63, 3.8) is 0 Å². The Morgan fingerprint density at radius 3 is 2.77 bits per heavy atom. The summed E-state index contributed by atoms with van der Waals surface area (Å²) in [5.41, 5.74) is 0. The number of hydrogen-bond donors (Lipinski definition) is 1. The second kappa shape index (κ2) is 4.66. The minimum absolute atomic E-state index is 0.137. The number of nitrogens with two attached hydrogens (primary N) is 1. The van der Waals surface area contributed by atoms with E-state index in [1.54, 1.807) is 0 Å². The summed E-state index contributed by atoms with van der Waals surface area (Å²) in [5.74, 6) is 3.20. The van der Waals surface area contributed by atoms with E-state index in [0.717, 1.165) is 12.2 Å². The molecule has 1 heterocycles. The predicted octanol–water partition coefficient (Wildman–Crippen LogP) is 1.05. The number of sulfonamides is 1. The summed E-state index contributed by atoms with van der Waals surface area (Å²) in [4.78, 5) is 0. The molecule has 78 valence electrons. The Bertz CT molecular complexity index is 245. The summed E-state index contributed by atoms with van der Waals surface area (Å²) in [6.45, 7) is 1.99. The highest BCUT2D eigenvalue weighted by Crippen LogP contribution is 2.28. The van der Waals surface area contributed by atoms with Crippen LogP contribution in [-0.2, 0) is 10.0 Å². The fourth-order valence-corrected chi connectivity index (χ4v) is 4.06. The molecule has 0 spiro atoms. The average Bonchev–Trinajstić information content (AvgIpc) is 2.03. The zero-order chi connectivity index (χ0) is 9.90. The van der Waals surface area contributed by atoms with Gasteiger partial charge >= 0.3 is 0 Å². The molecule has 1 aliphatic heterocycles. The molecule has 0 bridgehead atoms. The van der Waals surface area contributed by atoms with Gasteiger partial charge in [-0.15, -0.1) is 0 Å². The number of hydrogen-bond acceptors (Lipinski definition) is 3. The molecule has 1 saturated heterocycles. The Labute approximate surface area is 84.5 Å². The van der Waals surface area contributed by atoms with Crippen molar-refractivity contribution < 1.29 is 8.42 Å². The van der Waals surface area contributed by atoms with Gasteiger partial charge in [-0.25, -0.2) is 13.6 Å². The van der Waals surface area contributed by atoms with Crippen LogP contribution in [0.25, 0.3) is 0 Å². The van der Waals surface area contributed by atoms with E-state index in [9.17, 15) is 8.42 Å². The molecule has 0 amide bonds. The van der Waals surface area contributed by atoms with Gasteiger partial charge < -0.3 is 0 Å². The molecule has 1 aliphatic rings. The molecule has 0 aliphatic carbocycles. The number of thioether (sulfide) groups is 1. The zero-order valence-electron chi connectivity index (χ0n) is 7.90. The molecule has 2 N–H and O–H groups in total. The predicted molar refractivity (Wildman–Crippen MR) is 57.2 cm³/mol. The van der Waals surface area contributed by atoms with Gasteiger partial charge in [-0.3, -0.25) is 0 Å². The van der Waals surface area contributed by atoms with Gasteiger partial charge in [0.1, 0.15) is 0 Å². The Kier molecular flexibility index (Phi) is 4.06. The smallest absolute Gasteiger partial charge is 0.209 e. The molecule has 5 heteroatoms. The molecule has 13 heavy (non-hydrogen) atoms. The van der Waals surface area contributed by atoms with E-state index >= 15 is 0 Å². The van der Waals surface area contributed by atoms with Crippen LogP contribution in [0.5, 0.6) is 0 Å². The summed E-state index contributed by atoms with van der Waals surface area (Å²) < 4.78 is 21.7. The molecule has 1 fully saturated rings. The maximum absolute atomic E-state index is 10.9. The number of primary sulfonamides is 1. The van der Waals surface area contributed by atoms with Crippen molar-refractivity contribution in [2.24, 2.45) is 17.0 Å². The lowest BCUT2D eigenvalue weighted by Gasteiger charge is -2.26. The minimum atomic E-state index is -3.28. The Morgan fingerprint density at radius 2 is 2.31 bits per heavy atom. The van der Waals surface area contributed by atoms with Gasteiger partial charge in [0.15, 0.2) is 0 Å². The second-order valence-electron chi connectivity index (χ2n) is 3.78. The van der Waals surface area contributed by atoms with Gasteiger partial charge in [0, 0.05) is 0 Å². The van der Waals surface area contributed by atoms with Crippen LogP contribution in [0.4, 0.5) is 0 Å². The van der Waals surface area contributed by atoms with E-state index in [2.05, 4.69) is 0 Å². The van der Waals surface area contributed by atoms with Gasteiger partial charge in [-0.1, -0.05) is 6.92 Å². The first kappa shape index (κ1) is 11.3. The molecular weight excluding hydrogens is 206 g/mol. The fraction of sp³-hybridized carbons (Fsp3) is 1.00. The summed E-state index contributed by atoms with van der Waals surface area (Å²) in [5, 5.41) is 5.01. The van der Waals surface area contributed by atoms with Crippen LogP contribution < -0.4 is 5.14 Å². The monoisotopic (exact) mass is 223 g/mol. The van der Waals surface area contributed by atoms with Crippen molar-refractivity contribution in [1.29, 1.82) is 0 Å². The van der Waals surface area contributed by atoms with Crippen LogP contribution in [0, 0.1) is 11.8 Å². The van der Waals surface area contributed by atoms with E-state index in [4.69, 9.17) is 5.14 Å². The third-order valence-corrected chi connectivity index (χ3v) is 4.73. The molecule has 0 saturated carbocycles. The molecule has 2 atom stereocenters. The highest BCUT2D eigenvalue weighted by molar-refractivity contribution is 7.99. The quantitative estimate of drug-likeness (QED) is 0.778. The average molecular weight is 223 g/mol. The fourth-order valence-electron chi connectivity index (χ4n) is 1.72. The van der Waals surface area contributed by atoms with Crippen LogP contribution >= 0.6 is 11.8 Å². The molecule has 2 unspecified atom stereocenters. The van der Waals surface area contributed by atoms with Crippen molar-refractivity contribution in [3.05, 3.63) is 0 Å². The van der Waals surface area contributed by atoms with E-state index in [-0.39, 0.29) is 11.7 Å². The topological polar surface area (TPSA) is 60.2 Å². The first-order valence-corrected chi connectivity index (χ1v) is 7.44. The molecule has 3 nitrogen and oxygen atoms in total. The van der Waals surface area contributed by atoms with Crippen LogP contribution in [0.1, 0.15) is 19.8 Å². The van der Waals surface area contributed by atoms with Gasteiger partial charge in [-0.2, -0.15) is 11.8 Å². The highest BCUT2D eigenvalue weighted by Gasteiger charge is 2.23. The molecular formula is C8H17NO2S2. The lowest BCUT2D eigenvalue weighted by Crippen LogP contribution is -2.28. The summed E-state index contributed by atoms with van der Waals surface area (Å²) in [7, 11) is -3.28. The number of rotatable bonds is 3. The third kappa shape index (κ3) is 4.33. The van der Waals surface area contributed by atoms with E-state index in [0.29, 0.717) is 5.92 Å². The highest BCUT2D eigenvalue weighted by atomic mass is 32.2. The first-order chi connectivity index (χ1) is 5.99. The maximum Gasteiger partial charge on any atom is 0.209 e. The summed E-state index contributed by atoms with van der Waals surface area (Å²) in [6, 6.07) is 0. The van der Waals surface area contributed by atoms with Crippen molar-refractivity contribution in [2.75, 3.05) is 17.3 Å². The van der Waals surface area contributed by atoms with Gasteiger partial charge in [-0.05, 0) is 36.2 Å². The zero-order valence-corrected chi connectivity index (χ0v) is 9.53. The Hall–Kier alpha value is 0.260. The maximum atomic E-state index is 10.9. The van der Waals surface area contributed by atoms with Crippen molar-refractivity contribution in [2.45, 2.75) is 19.8 Å². The largest absolute Gasteiger partial charge is 0.229 e. The Morgan fingerprint density at radius 1 is 1.62 bits per heavy atom. The summed E-state index contributed by atoms with van der Waals surface area (Å²) >= 11 is 1.92. The van der Waals surface area contributed by atoms with Crippen LogP contribution in [-0.4, -0.2) is 25.7 Å². The molecule has 0 aromatic heterocycles. The standard InChI is InChI=1S/C8H17NO2S2/c1-7(6-13(9,10)11)8-3-2-4-12-5-8/h7-8H,2-6H2,1H3,(H2,9,10,11). The lowest BCUT2D eigenvalue weighted by molar-refractivity contribution is 0.389. The van der Waals surface area contributed by atoms with Crippen molar-refractivity contribution in [1.82, 2.24) is 0 Å². The molecule has 0 radical (unpaired) electrons. The minimum Gasteiger partial charge on any atom is -0.229 e. The SMILES string of the molecule is CC(CS(N)(=O)=O)C1CCCSC1. The lowest BCUT2D eigenvalue weighted by atomic mass is 9.93. The van der Waals surface area contributed by atoms with Crippen molar-refractivity contribution >= 4 is 21.8 Å².